The molecule has 1 atom stereocenters. The summed E-state index contributed by atoms with van der Waals surface area (Å²) < 4.78 is 5.50. The Hall–Kier alpha value is -2.04. The number of amides is 1. The second-order valence-corrected chi connectivity index (χ2v) is 4.57. The van der Waals surface area contributed by atoms with Crippen LogP contribution in [0.5, 0.6) is 5.75 Å². The maximum atomic E-state index is 11.8. The zero-order valence-electron chi connectivity index (χ0n) is 11.7. The fraction of sp³-hybridized carbons (Fsp3) is 0.467. The lowest BCUT2D eigenvalue weighted by atomic mass is 10.2. The van der Waals surface area contributed by atoms with Gasteiger partial charge < -0.3 is 15.2 Å². The quantitative estimate of drug-likeness (QED) is 0.680. The first-order chi connectivity index (χ1) is 9.59. The summed E-state index contributed by atoms with van der Waals surface area (Å²) in [5, 5.41) is 11.3. The molecule has 5 heteroatoms. The second-order valence-electron chi connectivity index (χ2n) is 4.57. The molecule has 1 amide bonds. The number of ether oxygens (including phenoxy) is 1. The van der Waals surface area contributed by atoms with E-state index in [0.717, 1.165) is 12.8 Å². The van der Waals surface area contributed by atoms with Gasteiger partial charge in [0.15, 0.2) is 6.10 Å². The third-order valence-corrected chi connectivity index (χ3v) is 2.79. The van der Waals surface area contributed by atoms with E-state index in [1.54, 1.807) is 19.1 Å². The van der Waals surface area contributed by atoms with E-state index in [9.17, 15) is 9.59 Å². The van der Waals surface area contributed by atoms with E-state index in [4.69, 9.17) is 9.84 Å². The Bertz CT molecular complexity index is 419. The molecule has 2 N–H and O–H groups in total. The van der Waals surface area contributed by atoms with Crippen molar-refractivity contribution in [3.8, 4) is 5.75 Å². The molecule has 1 aromatic rings. The zero-order valence-corrected chi connectivity index (χ0v) is 11.7. The second kappa shape index (κ2) is 8.96. The lowest BCUT2D eigenvalue weighted by molar-refractivity contribution is -0.137. The Morgan fingerprint density at radius 2 is 1.90 bits per heavy atom. The van der Waals surface area contributed by atoms with Gasteiger partial charge in [-0.15, -0.1) is 0 Å². The van der Waals surface area contributed by atoms with Crippen LogP contribution in [0, 0.1) is 0 Å². The van der Waals surface area contributed by atoms with Crippen molar-refractivity contribution in [2.75, 3.05) is 6.54 Å². The molecule has 0 aromatic heterocycles. The standard InChI is InChI=1S/C15H21NO4/c1-12(20-13-8-4-2-5-9-13)15(19)16-11-7-3-6-10-14(17)18/h2,4-5,8-9,12H,3,6-7,10-11H2,1H3,(H,16,19)(H,17,18). The van der Waals surface area contributed by atoms with Crippen molar-refractivity contribution in [1.82, 2.24) is 5.32 Å². The van der Waals surface area contributed by atoms with Crippen LogP contribution in [-0.2, 0) is 9.59 Å². The lowest BCUT2D eigenvalue weighted by Gasteiger charge is -2.14. The van der Waals surface area contributed by atoms with Crippen molar-refractivity contribution in [2.24, 2.45) is 0 Å². The number of hydrogen-bond acceptors (Lipinski definition) is 3. The Kier molecular flexibility index (Phi) is 7.17. The summed E-state index contributed by atoms with van der Waals surface area (Å²) in [6, 6.07) is 9.19. The monoisotopic (exact) mass is 279 g/mol. The first-order valence-corrected chi connectivity index (χ1v) is 6.81. The number of carbonyl (C=O) groups is 2. The molecule has 20 heavy (non-hydrogen) atoms. The largest absolute Gasteiger partial charge is 0.481 e. The average Bonchev–Trinajstić information content (AvgIpc) is 2.43. The molecule has 0 heterocycles. The van der Waals surface area contributed by atoms with Gasteiger partial charge >= 0.3 is 5.97 Å². The molecule has 0 radical (unpaired) electrons. The molecule has 0 aliphatic heterocycles. The van der Waals surface area contributed by atoms with Crippen molar-refractivity contribution < 1.29 is 19.4 Å². The van der Waals surface area contributed by atoms with E-state index in [2.05, 4.69) is 5.32 Å². The molecule has 0 spiro atoms. The van der Waals surface area contributed by atoms with Crippen LogP contribution in [-0.4, -0.2) is 29.6 Å². The van der Waals surface area contributed by atoms with Gasteiger partial charge in [-0.2, -0.15) is 0 Å². The first kappa shape index (κ1) is 16.0. The van der Waals surface area contributed by atoms with Crippen LogP contribution in [0.15, 0.2) is 30.3 Å². The number of carbonyl (C=O) groups excluding carboxylic acids is 1. The normalized spacial score (nSPS) is 11.7. The predicted molar refractivity (Wildman–Crippen MR) is 75.6 cm³/mol. The zero-order chi connectivity index (χ0) is 14.8. The molecule has 0 saturated carbocycles. The van der Waals surface area contributed by atoms with Gasteiger partial charge in [-0.25, -0.2) is 0 Å². The molecule has 5 nitrogen and oxygen atoms in total. The van der Waals surface area contributed by atoms with E-state index in [0.29, 0.717) is 18.7 Å². The van der Waals surface area contributed by atoms with Crippen LogP contribution >= 0.6 is 0 Å². The highest BCUT2D eigenvalue weighted by Crippen LogP contribution is 2.10. The molecule has 1 aromatic carbocycles. The number of unbranched alkanes of at least 4 members (excludes halogenated alkanes) is 2. The fourth-order valence-corrected chi connectivity index (χ4v) is 1.69. The van der Waals surface area contributed by atoms with Crippen molar-refractivity contribution in [3.63, 3.8) is 0 Å². The summed E-state index contributed by atoms with van der Waals surface area (Å²) >= 11 is 0. The molecule has 110 valence electrons. The molecule has 0 aliphatic carbocycles. The topological polar surface area (TPSA) is 75.6 Å². The maximum absolute atomic E-state index is 11.8. The summed E-state index contributed by atoms with van der Waals surface area (Å²) in [5.41, 5.74) is 0. The molecular formula is C15H21NO4. The molecule has 0 fully saturated rings. The van der Waals surface area contributed by atoms with Crippen LogP contribution in [0.3, 0.4) is 0 Å². The Balaban J connectivity index is 2.14. The van der Waals surface area contributed by atoms with Crippen molar-refractivity contribution >= 4 is 11.9 Å². The highest BCUT2D eigenvalue weighted by atomic mass is 16.5. The van der Waals surface area contributed by atoms with E-state index >= 15 is 0 Å². The van der Waals surface area contributed by atoms with Crippen LogP contribution in [0.2, 0.25) is 0 Å². The minimum Gasteiger partial charge on any atom is -0.481 e. The Morgan fingerprint density at radius 3 is 2.55 bits per heavy atom. The number of benzene rings is 1. The van der Waals surface area contributed by atoms with Crippen LogP contribution in [0.4, 0.5) is 0 Å². The third kappa shape index (κ3) is 6.78. The van der Waals surface area contributed by atoms with Gasteiger partial charge in [0, 0.05) is 13.0 Å². The average molecular weight is 279 g/mol. The molecule has 0 aliphatic rings. The van der Waals surface area contributed by atoms with E-state index < -0.39 is 12.1 Å². The number of carboxylic acids is 1. The minimum absolute atomic E-state index is 0.160. The summed E-state index contributed by atoms with van der Waals surface area (Å²) in [7, 11) is 0. The Labute approximate surface area is 118 Å². The van der Waals surface area contributed by atoms with Crippen molar-refractivity contribution in [1.29, 1.82) is 0 Å². The smallest absolute Gasteiger partial charge is 0.303 e. The summed E-state index contributed by atoms with van der Waals surface area (Å²) in [4.78, 5) is 22.1. The highest BCUT2D eigenvalue weighted by molar-refractivity contribution is 5.80. The van der Waals surface area contributed by atoms with Crippen molar-refractivity contribution in [2.45, 2.75) is 38.7 Å². The van der Waals surface area contributed by atoms with E-state index in [1.807, 2.05) is 18.2 Å². The van der Waals surface area contributed by atoms with Gasteiger partial charge in [-0.3, -0.25) is 9.59 Å². The number of rotatable bonds is 9. The van der Waals surface area contributed by atoms with Gasteiger partial charge in [-0.1, -0.05) is 24.6 Å². The summed E-state index contributed by atoms with van der Waals surface area (Å²) in [6.07, 6.45) is 1.84. The van der Waals surface area contributed by atoms with E-state index in [-0.39, 0.29) is 12.3 Å². The number of hydrogen-bond donors (Lipinski definition) is 2. The first-order valence-electron chi connectivity index (χ1n) is 6.81. The summed E-state index contributed by atoms with van der Waals surface area (Å²) in [6.45, 7) is 2.24. The van der Waals surface area contributed by atoms with Crippen LogP contribution in [0.25, 0.3) is 0 Å². The van der Waals surface area contributed by atoms with Gasteiger partial charge in [0.2, 0.25) is 0 Å². The lowest BCUT2D eigenvalue weighted by Crippen LogP contribution is -2.36. The molecular weight excluding hydrogens is 258 g/mol. The van der Waals surface area contributed by atoms with Crippen molar-refractivity contribution in [3.05, 3.63) is 30.3 Å². The van der Waals surface area contributed by atoms with Crippen LogP contribution < -0.4 is 10.1 Å². The molecule has 1 rings (SSSR count). The van der Waals surface area contributed by atoms with Gasteiger partial charge in [0.05, 0.1) is 0 Å². The maximum Gasteiger partial charge on any atom is 0.303 e. The summed E-state index contributed by atoms with van der Waals surface area (Å²) in [5.74, 6) is -0.275. The number of para-hydroxylation sites is 1. The SMILES string of the molecule is CC(Oc1ccccc1)C(=O)NCCCCCC(=O)O. The molecule has 1 unspecified atom stereocenters. The highest BCUT2D eigenvalue weighted by Gasteiger charge is 2.13. The minimum atomic E-state index is -0.779. The van der Waals surface area contributed by atoms with E-state index in [1.165, 1.54) is 0 Å². The van der Waals surface area contributed by atoms with Gasteiger partial charge in [-0.05, 0) is 31.9 Å². The van der Waals surface area contributed by atoms with Gasteiger partial charge in [0.25, 0.3) is 5.91 Å². The number of carboxylic acid groups (broad SMARTS) is 1. The van der Waals surface area contributed by atoms with Gasteiger partial charge in [0.1, 0.15) is 5.75 Å². The number of aliphatic carboxylic acids is 1. The Morgan fingerprint density at radius 1 is 1.20 bits per heavy atom. The third-order valence-electron chi connectivity index (χ3n) is 2.79. The molecule has 0 saturated heterocycles. The molecule has 0 bridgehead atoms. The number of nitrogens with one attached hydrogen (secondary N) is 1. The fourth-order valence-electron chi connectivity index (χ4n) is 1.69. The van der Waals surface area contributed by atoms with Crippen LogP contribution in [0.1, 0.15) is 32.6 Å². The predicted octanol–water partition coefficient (Wildman–Crippen LogP) is 2.22.